The highest BCUT2D eigenvalue weighted by Gasteiger charge is 2.22. The second kappa shape index (κ2) is 5.23. The smallest absolute Gasteiger partial charge is 0.198 e. The molecule has 4 nitrogen and oxygen atoms in total. The summed E-state index contributed by atoms with van der Waals surface area (Å²) >= 11 is 0. The van der Waals surface area contributed by atoms with Crippen LogP contribution in [0.2, 0.25) is 0 Å². The molecule has 0 spiro atoms. The van der Waals surface area contributed by atoms with Gasteiger partial charge in [0, 0.05) is 5.41 Å². The molecule has 5 heteroatoms. The predicted octanol–water partition coefficient (Wildman–Crippen LogP) is 1.34. The van der Waals surface area contributed by atoms with E-state index in [9.17, 15) is 0 Å². The number of hydrogen-bond donors (Lipinski definition) is 1. The highest BCUT2D eigenvalue weighted by Crippen LogP contribution is 2.41. The number of aliphatic hydroxyl groups is 1. The zero-order valence-corrected chi connectivity index (χ0v) is 9.05. The second-order valence-corrected chi connectivity index (χ2v) is 5.24. The molecular weight excluding hydrogens is 191 g/mol. The molecule has 1 aliphatic rings. The molecule has 1 atom stereocenters. The summed E-state index contributed by atoms with van der Waals surface area (Å²) in [7, 11) is -0.875. The molecule has 1 N–H and O–H groups in total. The van der Waals surface area contributed by atoms with Crippen molar-refractivity contribution in [2.24, 2.45) is 5.41 Å². The molecule has 1 saturated heterocycles. The molecule has 0 aromatic carbocycles. The normalized spacial score (nSPS) is 24.7. The van der Waals surface area contributed by atoms with E-state index in [1.54, 1.807) is 0 Å². The van der Waals surface area contributed by atoms with Crippen molar-refractivity contribution in [2.75, 3.05) is 32.8 Å². The lowest BCUT2D eigenvalue weighted by Gasteiger charge is -2.27. The van der Waals surface area contributed by atoms with E-state index in [4.69, 9.17) is 18.9 Å². The van der Waals surface area contributed by atoms with E-state index in [0.717, 1.165) is 0 Å². The fourth-order valence-electron chi connectivity index (χ4n) is 0.741. The molecule has 13 heavy (non-hydrogen) atoms. The van der Waals surface area contributed by atoms with Gasteiger partial charge >= 0.3 is 0 Å². The first-order valence-electron chi connectivity index (χ1n) is 4.36. The minimum atomic E-state index is -0.875. The minimum absolute atomic E-state index is 0.122. The van der Waals surface area contributed by atoms with Crippen LogP contribution < -0.4 is 0 Å². The van der Waals surface area contributed by atoms with Crippen LogP contribution in [0, 0.1) is 5.41 Å². The monoisotopic (exact) mass is 208 g/mol. The molecule has 0 radical (unpaired) electrons. The Bertz CT molecular complexity index is 145. The maximum absolute atomic E-state index is 8.98. The maximum Gasteiger partial charge on any atom is 0.198 e. The molecule has 1 aliphatic heterocycles. The molecular formula is C8H17O4P. The minimum Gasteiger partial charge on any atom is -0.396 e. The lowest BCUT2D eigenvalue weighted by Crippen LogP contribution is -2.24. The average Bonchev–Trinajstić information content (AvgIpc) is 2.17. The first kappa shape index (κ1) is 11.3. The van der Waals surface area contributed by atoms with Crippen LogP contribution in [-0.4, -0.2) is 37.9 Å². The van der Waals surface area contributed by atoms with Gasteiger partial charge in [0.05, 0.1) is 26.4 Å². The molecule has 1 heterocycles. The Morgan fingerprint density at radius 1 is 1.46 bits per heavy atom. The van der Waals surface area contributed by atoms with Gasteiger partial charge in [-0.2, -0.15) is 0 Å². The van der Waals surface area contributed by atoms with Crippen LogP contribution in [0.5, 0.6) is 0 Å². The quantitative estimate of drug-likeness (QED) is 0.708. The summed E-state index contributed by atoms with van der Waals surface area (Å²) in [6.45, 7) is 5.81. The van der Waals surface area contributed by atoms with Gasteiger partial charge in [-0.05, 0) is 0 Å². The van der Waals surface area contributed by atoms with Crippen LogP contribution >= 0.6 is 8.38 Å². The van der Waals surface area contributed by atoms with Crippen molar-refractivity contribution in [3.63, 3.8) is 0 Å². The molecule has 0 aliphatic carbocycles. The first-order valence-corrected chi connectivity index (χ1v) is 5.72. The maximum atomic E-state index is 8.98. The number of ether oxygens (including phenoxy) is 1. The lowest BCUT2D eigenvalue weighted by atomic mass is 9.97. The summed E-state index contributed by atoms with van der Waals surface area (Å²) < 4.78 is 16.0. The van der Waals surface area contributed by atoms with E-state index in [1.807, 2.05) is 13.8 Å². The fraction of sp³-hybridized carbons (Fsp3) is 1.00. The third kappa shape index (κ3) is 4.34. The Kier molecular flexibility index (Phi) is 4.56. The summed E-state index contributed by atoms with van der Waals surface area (Å²) in [4.78, 5) is 0. The Morgan fingerprint density at radius 3 is 2.77 bits per heavy atom. The summed E-state index contributed by atoms with van der Waals surface area (Å²) in [5, 5.41) is 8.98. The van der Waals surface area contributed by atoms with Crippen molar-refractivity contribution in [3.05, 3.63) is 0 Å². The third-order valence-electron chi connectivity index (χ3n) is 1.69. The van der Waals surface area contributed by atoms with Gasteiger partial charge in [-0.15, -0.1) is 0 Å². The average molecular weight is 208 g/mol. The van der Waals surface area contributed by atoms with Gasteiger partial charge in [-0.3, -0.25) is 0 Å². The Hall–Kier alpha value is 0.270. The van der Waals surface area contributed by atoms with Crippen LogP contribution in [0.25, 0.3) is 0 Å². The highest BCUT2D eigenvalue weighted by molar-refractivity contribution is 7.47. The van der Waals surface area contributed by atoms with E-state index in [-0.39, 0.29) is 12.0 Å². The molecule has 1 rings (SSSR count). The van der Waals surface area contributed by atoms with Crippen molar-refractivity contribution in [1.82, 2.24) is 0 Å². The Balaban J connectivity index is 2.17. The predicted molar refractivity (Wildman–Crippen MR) is 50.5 cm³/mol. The van der Waals surface area contributed by atoms with Gasteiger partial charge in [0.25, 0.3) is 0 Å². The number of hydrogen-bond acceptors (Lipinski definition) is 4. The van der Waals surface area contributed by atoms with E-state index in [0.29, 0.717) is 26.2 Å². The standard InChI is InChI=1S/C8H17O4P/c1-8(2,5-9)6-12-13-7-10-3-4-11-13/h9H,3-7H2,1-2H3. The number of aliphatic hydroxyl groups excluding tert-OH is 1. The molecule has 0 aromatic heterocycles. The summed E-state index contributed by atoms with van der Waals surface area (Å²) in [6.07, 6.45) is 0.552. The van der Waals surface area contributed by atoms with E-state index in [1.165, 1.54) is 0 Å². The summed E-state index contributed by atoms with van der Waals surface area (Å²) in [5.74, 6) is 0. The van der Waals surface area contributed by atoms with Gasteiger partial charge < -0.3 is 18.9 Å². The van der Waals surface area contributed by atoms with Gasteiger partial charge in [0.1, 0.15) is 6.35 Å². The topological polar surface area (TPSA) is 47.9 Å². The van der Waals surface area contributed by atoms with Crippen molar-refractivity contribution in [1.29, 1.82) is 0 Å². The van der Waals surface area contributed by atoms with Crippen LogP contribution in [-0.2, 0) is 13.8 Å². The van der Waals surface area contributed by atoms with Crippen LogP contribution in [0.3, 0.4) is 0 Å². The van der Waals surface area contributed by atoms with Crippen molar-refractivity contribution in [2.45, 2.75) is 13.8 Å². The van der Waals surface area contributed by atoms with Gasteiger partial charge in [0.2, 0.25) is 0 Å². The summed E-state index contributed by atoms with van der Waals surface area (Å²) in [5.41, 5.74) is -0.191. The molecule has 1 fully saturated rings. The molecule has 78 valence electrons. The highest BCUT2D eigenvalue weighted by atomic mass is 31.2. The molecule has 0 saturated carbocycles. The number of rotatable bonds is 4. The van der Waals surface area contributed by atoms with Gasteiger partial charge in [0.15, 0.2) is 8.38 Å². The third-order valence-corrected chi connectivity index (χ3v) is 2.97. The zero-order valence-electron chi connectivity index (χ0n) is 8.15. The van der Waals surface area contributed by atoms with E-state index in [2.05, 4.69) is 0 Å². The van der Waals surface area contributed by atoms with Gasteiger partial charge in [-0.25, -0.2) is 0 Å². The molecule has 1 unspecified atom stereocenters. The van der Waals surface area contributed by atoms with Gasteiger partial charge in [-0.1, -0.05) is 13.8 Å². The van der Waals surface area contributed by atoms with E-state index < -0.39 is 8.38 Å². The summed E-state index contributed by atoms with van der Waals surface area (Å²) in [6, 6.07) is 0. The van der Waals surface area contributed by atoms with Crippen LogP contribution in [0.4, 0.5) is 0 Å². The fourth-order valence-corrected chi connectivity index (χ4v) is 2.01. The first-order chi connectivity index (χ1) is 6.14. The van der Waals surface area contributed by atoms with Crippen molar-refractivity contribution in [3.8, 4) is 0 Å². The lowest BCUT2D eigenvalue weighted by molar-refractivity contribution is 0.0552. The van der Waals surface area contributed by atoms with Crippen LogP contribution in [0.15, 0.2) is 0 Å². The SMILES string of the molecule is CC(C)(CO)COP1COCCO1. The Labute approximate surface area is 80.1 Å². The largest absolute Gasteiger partial charge is 0.396 e. The molecule has 0 bridgehead atoms. The van der Waals surface area contributed by atoms with Crippen molar-refractivity contribution >= 4 is 8.38 Å². The van der Waals surface area contributed by atoms with E-state index >= 15 is 0 Å². The molecule has 0 aromatic rings. The zero-order chi connectivity index (χ0) is 9.73. The second-order valence-electron chi connectivity index (χ2n) is 3.80. The van der Waals surface area contributed by atoms with Crippen LogP contribution in [0.1, 0.15) is 13.8 Å². The Morgan fingerprint density at radius 2 is 2.23 bits per heavy atom. The molecule has 0 amide bonds. The van der Waals surface area contributed by atoms with Crippen molar-refractivity contribution < 1.29 is 18.9 Å².